The van der Waals surface area contributed by atoms with E-state index in [9.17, 15) is 9.18 Å². The van der Waals surface area contributed by atoms with Crippen molar-refractivity contribution in [2.75, 3.05) is 27.2 Å². The van der Waals surface area contributed by atoms with Crippen molar-refractivity contribution in [1.82, 2.24) is 29.8 Å². The summed E-state index contributed by atoms with van der Waals surface area (Å²) in [7, 11) is 3.79. The molecule has 2 aliphatic rings. The Morgan fingerprint density at radius 3 is 2.68 bits per heavy atom. The zero-order chi connectivity index (χ0) is 22.1. The average molecular weight is 426 g/mol. The fraction of sp³-hybridized carbons (Fsp3) is 0.409. The molecule has 1 atom stereocenters. The van der Waals surface area contributed by atoms with E-state index in [0.29, 0.717) is 19.6 Å². The highest BCUT2D eigenvalue weighted by molar-refractivity contribution is 5.88. The van der Waals surface area contributed by atoms with Crippen molar-refractivity contribution < 1.29 is 9.18 Å². The number of guanidine groups is 1. The van der Waals surface area contributed by atoms with Crippen molar-refractivity contribution in [3.8, 4) is 0 Å². The van der Waals surface area contributed by atoms with E-state index in [1.165, 1.54) is 12.1 Å². The summed E-state index contributed by atoms with van der Waals surface area (Å²) in [4.78, 5) is 23.1. The summed E-state index contributed by atoms with van der Waals surface area (Å²) in [6.07, 6.45) is 3.75. The van der Waals surface area contributed by atoms with Crippen LogP contribution in [0.4, 0.5) is 4.39 Å². The van der Waals surface area contributed by atoms with Crippen LogP contribution in [-0.4, -0.2) is 69.6 Å². The van der Waals surface area contributed by atoms with Crippen LogP contribution >= 0.6 is 0 Å². The van der Waals surface area contributed by atoms with Gasteiger partial charge in [0.2, 0.25) is 5.91 Å². The fourth-order valence-corrected chi connectivity index (χ4v) is 4.00. The highest BCUT2D eigenvalue weighted by Gasteiger charge is 2.38. The predicted octanol–water partition coefficient (Wildman–Crippen LogP) is 1.81. The molecule has 0 fully saturated rings. The third kappa shape index (κ3) is 4.12. The first-order valence-corrected chi connectivity index (χ1v) is 10.4. The Kier molecular flexibility index (Phi) is 5.67. The number of rotatable bonds is 5. The number of carbonyl (C=O) groups is 1. The van der Waals surface area contributed by atoms with Crippen LogP contribution in [0.5, 0.6) is 0 Å². The van der Waals surface area contributed by atoms with Gasteiger partial charge in [0.15, 0.2) is 5.96 Å². The Hall–Kier alpha value is -3.36. The van der Waals surface area contributed by atoms with E-state index in [-0.39, 0.29) is 17.8 Å². The molecule has 1 aromatic carbocycles. The maximum Gasteiger partial charge on any atom is 0.249 e. The van der Waals surface area contributed by atoms with Crippen LogP contribution in [0.1, 0.15) is 25.0 Å². The number of nitrogens with zero attached hydrogens (tertiary/aromatic N) is 6. The second kappa shape index (κ2) is 8.41. The average Bonchev–Trinajstić information content (AvgIpc) is 3.21. The van der Waals surface area contributed by atoms with E-state index in [0.717, 1.165) is 35.1 Å². The SMILES string of the molecule is CCN1C2=C(CN(C)C(=NCc3cnn(Cc4ccc(F)cc4)c3)N2)N(C)C(=O)[C@@H]1C. The molecule has 0 saturated heterocycles. The number of amides is 1. The summed E-state index contributed by atoms with van der Waals surface area (Å²) in [5.74, 6) is 1.57. The molecule has 0 radical (unpaired) electrons. The third-order valence-corrected chi connectivity index (χ3v) is 5.80. The standard InChI is InChI=1S/C22H28FN7O/c1-5-30-15(2)21(31)28(4)19-14-27(3)22(26-20(19)30)24-10-17-11-25-29(13-17)12-16-6-8-18(23)9-7-16/h6-9,11,13,15H,5,10,12,14H2,1-4H3,(H,24,26)/t15-/m0/s1. The summed E-state index contributed by atoms with van der Waals surface area (Å²) >= 11 is 0. The molecule has 3 heterocycles. The van der Waals surface area contributed by atoms with Gasteiger partial charge < -0.3 is 20.0 Å². The first-order valence-electron chi connectivity index (χ1n) is 10.4. The number of nitrogens with one attached hydrogen (secondary N) is 1. The van der Waals surface area contributed by atoms with Crippen molar-refractivity contribution in [2.24, 2.45) is 4.99 Å². The lowest BCUT2D eigenvalue weighted by atomic mass is 10.1. The lowest BCUT2D eigenvalue weighted by Crippen LogP contribution is -2.60. The number of aromatic nitrogens is 2. The smallest absolute Gasteiger partial charge is 0.249 e. The van der Waals surface area contributed by atoms with Crippen molar-refractivity contribution >= 4 is 11.9 Å². The molecule has 0 saturated carbocycles. The maximum atomic E-state index is 13.1. The quantitative estimate of drug-likeness (QED) is 0.792. The molecule has 0 unspecified atom stereocenters. The van der Waals surface area contributed by atoms with E-state index < -0.39 is 0 Å². The van der Waals surface area contributed by atoms with Crippen LogP contribution in [-0.2, 0) is 17.9 Å². The molecule has 0 bridgehead atoms. The minimum absolute atomic E-state index is 0.102. The van der Waals surface area contributed by atoms with Gasteiger partial charge in [-0.15, -0.1) is 0 Å². The summed E-state index contributed by atoms with van der Waals surface area (Å²) in [6.45, 7) is 6.38. The normalized spacial score (nSPS) is 20.4. The molecule has 2 aromatic rings. The molecule has 9 heteroatoms. The van der Waals surface area contributed by atoms with Gasteiger partial charge in [-0.05, 0) is 31.5 Å². The van der Waals surface area contributed by atoms with Gasteiger partial charge in [0.05, 0.1) is 31.5 Å². The van der Waals surface area contributed by atoms with Gasteiger partial charge in [0.25, 0.3) is 0 Å². The minimum atomic E-state index is -0.243. The number of hydrogen-bond acceptors (Lipinski definition) is 4. The van der Waals surface area contributed by atoms with E-state index in [2.05, 4.69) is 15.3 Å². The Morgan fingerprint density at radius 1 is 1.23 bits per heavy atom. The lowest BCUT2D eigenvalue weighted by Gasteiger charge is -2.45. The highest BCUT2D eigenvalue weighted by Crippen LogP contribution is 2.25. The zero-order valence-electron chi connectivity index (χ0n) is 18.3. The molecule has 1 aromatic heterocycles. The van der Waals surface area contributed by atoms with Crippen LogP contribution in [0.2, 0.25) is 0 Å². The van der Waals surface area contributed by atoms with Gasteiger partial charge in [-0.1, -0.05) is 12.1 Å². The largest absolute Gasteiger partial charge is 0.345 e. The Morgan fingerprint density at radius 2 is 1.97 bits per heavy atom. The minimum Gasteiger partial charge on any atom is -0.345 e. The fourth-order valence-electron chi connectivity index (χ4n) is 4.00. The van der Waals surface area contributed by atoms with Gasteiger partial charge in [-0.2, -0.15) is 5.10 Å². The van der Waals surface area contributed by atoms with E-state index in [4.69, 9.17) is 4.99 Å². The summed E-state index contributed by atoms with van der Waals surface area (Å²) in [5.41, 5.74) is 2.93. The molecule has 0 spiro atoms. The van der Waals surface area contributed by atoms with Crippen LogP contribution in [0.3, 0.4) is 0 Å². The van der Waals surface area contributed by atoms with Crippen LogP contribution in [0, 0.1) is 5.82 Å². The number of halogens is 1. The monoisotopic (exact) mass is 425 g/mol. The molecular weight excluding hydrogens is 397 g/mol. The third-order valence-electron chi connectivity index (χ3n) is 5.80. The van der Waals surface area contributed by atoms with Gasteiger partial charge in [-0.3, -0.25) is 9.48 Å². The van der Waals surface area contributed by atoms with E-state index in [1.54, 1.807) is 23.2 Å². The van der Waals surface area contributed by atoms with Gasteiger partial charge in [-0.25, -0.2) is 9.38 Å². The van der Waals surface area contributed by atoms with Gasteiger partial charge in [0.1, 0.15) is 17.7 Å². The molecule has 8 nitrogen and oxygen atoms in total. The molecule has 1 amide bonds. The summed E-state index contributed by atoms with van der Waals surface area (Å²) < 4.78 is 14.9. The van der Waals surface area contributed by atoms with Crippen molar-refractivity contribution in [1.29, 1.82) is 0 Å². The number of likely N-dealkylation sites (N-methyl/N-ethyl adjacent to an activating group) is 3. The first-order chi connectivity index (χ1) is 14.9. The second-order valence-electron chi connectivity index (χ2n) is 7.95. The molecule has 31 heavy (non-hydrogen) atoms. The number of carbonyl (C=O) groups excluding carboxylic acids is 1. The topological polar surface area (TPSA) is 69.0 Å². The predicted molar refractivity (Wildman–Crippen MR) is 116 cm³/mol. The number of benzene rings is 1. The summed E-state index contributed by atoms with van der Waals surface area (Å²) in [5, 5.41) is 7.83. The maximum absolute atomic E-state index is 13.1. The Balaban J connectivity index is 1.47. The number of aliphatic imine (C=N–C) groups is 1. The molecule has 0 aliphatic carbocycles. The van der Waals surface area contributed by atoms with E-state index >= 15 is 0 Å². The highest BCUT2D eigenvalue weighted by atomic mass is 19.1. The van der Waals surface area contributed by atoms with Crippen molar-refractivity contribution in [3.05, 3.63) is 65.1 Å². The van der Waals surface area contributed by atoms with E-state index in [1.807, 2.05) is 43.7 Å². The Bertz CT molecular complexity index is 1030. The zero-order valence-corrected chi connectivity index (χ0v) is 18.3. The summed E-state index contributed by atoms with van der Waals surface area (Å²) in [6, 6.07) is 6.22. The lowest BCUT2D eigenvalue weighted by molar-refractivity contribution is -0.134. The first kappa shape index (κ1) is 20.9. The van der Waals surface area contributed by atoms with Crippen molar-refractivity contribution in [2.45, 2.75) is 33.0 Å². The molecule has 164 valence electrons. The van der Waals surface area contributed by atoms with Crippen molar-refractivity contribution in [3.63, 3.8) is 0 Å². The number of hydrogen-bond donors (Lipinski definition) is 1. The van der Waals surface area contributed by atoms with Crippen LogP contribution in [0.15, 0.2) is 53.2 Å². The molecular formula is C22H28FN7O. The molecule has 2 aliphatic heterocycles. The second-order valence-corrected chi connectivity index (χ2v) is 7.95. The molecule has 4 rings (SSSR count). The van der Waals surface area contributed by atoms with Gasteiger partial charge in [0, 0.05) is 32.4 Å². The molecule has 1 N–H and O–H groups in total. The van der Waals surface area contributed by atoms with Gasteiger partial charge >= 0.3 is 0 Å². The van der Waals surface area contributed by atoms with Crippen LogP contribution < -0.4 is 5.32 Å². The van der Waals surface area contributed by atoms with Crippen LogP contribution in [0.25, 0.3) is 0 Å². The Labute approximate surface area is 181 Å².